The molecule has 0 fully saturated rings. The predicted octanol–water partition coefficient (Wildman–Crippen LogP) is 5.59. The van der Waals surface area contributed by atoms with Gasteiger partial charge in [0.15, 0.2) is 5.13 Å². The highest BCUT2D eigenvalue weighted by Crippen LogP contribution is 2.33. The second kappa shape index (κ2) is 6.41. The maximum Gasteiger partial charge on any atom is 0.188 e. The number of hydrogen-bond acceptors (Lipinski definition) is 5. The molecule has 0 saturated heterocycles. The van der Waals surface area contributed by atoms with Crippen molar-refractivity contribution >= 4 is 43.4 Å². The number of para-hydroxylation sites is 3. The van der Waals surface area contributed by atoms with E-state index >= 15 is 0 Å². The van der Waals surface area contributed by atoms with Crippen molar-refractivity contribution in [1.29, 1.82) is 0 Å². The number of aromatic nitrogens is 3. The van der Waals surface area contributed by atoms with Gasteiger partial charge in [-0.1, -0.05) is 29.5 Å². The Balaban J connectivity index is 1.42. The van der Waals surface area contributed by atoms with Gasteiger partial charge in [0.25, 0.3) is 0 Å². The van der Waals surface area contributed by atoms with Crippen LogP contribution in [0.5, 0.6) is 5.75 Å². The lowest BCUT2D eigenvalue weighted by molar-refractivity contribution is 0.419. The summed E-state index contributed by atoms with van der Waals surface area (Å²) in [5, 5.41) is 4.21. The van der Waals surface area contributed by atoms with Crippen LogP contribution in [0.15, 0.2) is 66.7 Å². The molecule has 27 heavy (non-hydrogen) atoms. The minimum absolute atomic E-state index is 0.789. The number of imidazole rings is 1. The molecule has 5 nitrogen and oxygen atoms in total. The fraction of sp³-hybridized carbons (Fsp3) is 0.0476. The van der Waals surface area contributed by atoms with Gasteiger partial charge in [-0.25, -0.2) is 9.97 Å². The van der Waals surface area contributed by atoms with E-state index in [0.29, 0.717) is 0 Å². The van der Waals surface area contributed by atoms with E-state index in [-0.39, 0.29) is 0 Å². The Hall–Kier alpha value is -3.38. The van der Waals surface area contributed by atoms with Crippen LogP contribution in [0.2, 0.25) is 0 Å². The van der Waals surface area contributed by atoms with Crippen molar-refractivity contribution in [2.45, 2.75) is 0 Å². The lowest BCUT2D eigenvalue weighted by atomic mass is 10.2. The van der Waals surface area contributed by atoms with E-state index in [2.05, 4.69) is 20.3 Å². The monoisotopic (exact) mass is 372 g/mol. The fourth-order valence-electron chi connectivity index (χ4n) is 3.07. The predicted molar refractivity (Wildman–Crippen MR) is 111 cm³/mol. The van der Waals surface area contributed by atoms with E-state index < -0.39 is 0 Å². The number of rotatable bonds is 4. The van der Waals surface area contributed by atoms with Crippen molar-refractivity contribution in [2.24, 2.45) is 0 Å². The molecule has 0 aliphatic heterocycles. The minimum Gasteiger partial charge on any atom is -0.494 e. The van der Waals surface area contributed by atoms with Crippen molar-refractivity contribution < 1.29 is 4.74 Å². The normalized spacial score (nSPS) is 11.1. The van der Waals surface area contributed by atoms with E-state index in [1.807, 2.05) is 66.7 Å². The number of H-pyrrole nitrogens is 1. The van der Waals surface area contributed by atoms with Crippen LogP contribution in [0.4, 0.5) is 10.8 Å². The average molecular weight is 372 g/mol. The zero-order valence-electron chi connectivity index (χ0n) is 14.6. The standard InChI is InChI=1S/C21H16N4OS/c1-26-17-7-4-8-18-19(17)25-21(27-18)22-14-11-9-13(10-12-14)20-23-15-5-2-3-6-16(15)24-20/h2-12H,1H3,(H,22,25)(H,23,24). The molecule has 2 aromatic heterocycles. The average Bonchev–Trinajstić information content (AvgIpc) is 3.31. The molecule has 5 rings (SSSR count). The Morgan fingerprint density at radius 3 is 2.59 bits per heavy atom. The fourth-order valence-corrected chi connectivity index (χ4v) is 3.97. The molecular formula is C21H16N4OS. The zero-order valence-corrected chi connectivity index (χ0v) is 15.4. The summed E-state index contributed by atoms with van der Waals surface area (Å²) < 4.78 is 6.48. The number of fused-ring (bicyclic) bond motifs is 2. The topological polar surface area (TPSA) is 62.8 Å². The van der Waals surface area contributed by atoms with Crippen LogP contribution in [0, 0.1) is 0 Å². The molecule has 6 heteroatoms. The van der Waals surface area contributed by atoms with Gasteiger partial charge in [-0.2, -0.15) is 0 Å². The van der Waals surface area contributed by atoms with Crippen LogP contribution in [0.1, 0.15) is 0 Å². The van der Waals surface area contributed by atoms with Gasteiger partial charge in [0, 0.05) is 11.3 Å². The van der Waals surface area contributed by atoms with E-state index in [1.54, 1.807) is 18.4 Å². The first-order chi connectivity index (χ1) is 13.3. The Morgan fingerprint density at radius 1 is 0.926 bits per heavy atom. The largest absolute Gasteiger partial charge is 0.494 e. The summed E-state index contributed by atoms with van der Waals surface area (Å²) in [7, 11) is 1.66. The summed E-state index contributed by atoms with van der Waals surface area (Å²) in [6.07, 6.45) is 0. The first-order valence-corrected chi connectivity index (χ1v) is 9.37. The smallest absolute Gasteiger partial charge is 0.188 e. The Bertz CT molecular complexity index is 1210. The van der Waals surface area contributed by atoms with E-state index in [0.717, 1.165) is 49.2 Å². The van der Waals surface area contributed by atoms with Crippen molar-refractivity contribution in [3.63, 3.8) is 0 Å². The van der Waals surface area contributed by atoms with E-state index in [9.17, 15) is 0 Å². The third-order valence-corrected chi connectivity index (χ3v) is 5.34. The van der Waals surface area contributed by atoms with E-state index in [4.69, 9.17) is 4.74 Å². The van der Waals surface area contributed by atoms with Crippen molar-refractivity contribution in [1.82, 2.24) is 15.0 Å². The molecule has 0 atom stereocenters. The third-order valence-electron chi connectivity index (χ3n) is 4.40. The Labute approximate surface area is 159 Å². The first kappa shape index (κ1) is 15.8. The van der Waals surface area contributed by atoms with Crippen molar-refractivity contribution in [3.05, 3.63) is 66.7 Å². The van der Waals surface area contributed by atoms with Crippen LogP contribution >= 0.6 is 11.3 Å². The second-order valence-corrected chi connectivity index (χ2v) is 7.16. The number of hydrogen-bond donors (Lipinski definition) is 2. The molecule has 0 amide bonds. The quantitative estimate of drug-likeness (QED) is 0.431. The molecule has 0 aliphatic carbocycles. The number of methoxy groups -OCH3 is 1. The number of aromatic amines is 1. The lowest BCUT2D eigenvalue weighted by Crippen LogP contribution is -1.90. The van der Waals surface area contributed by atoms with Gasteiger partial charge in [-0.15, -0.1) is 0 Å². The van der Waals surface area contributed by atoms with Gasteiger partial charge in [-0.05, 0) is 48.5 Å². The molecule has 0 bridgehead atoms. The summed E-state index contributed by atoms with van der Waals surface area (Å²) in [4.78, 5) is 12.7. The zero-order chi connectivity index (χ0) is 18.2. The molecule has 0 aliphatic rings. The van der Waals surface area contributed by atoms with Gasteiger partial charge in [0.05, 0.1) is 22.8 Å². The minimum atomic E-state index is 0.789. The van der Waals surface area contributed by atoms with Crippen molar-refractivity contribution in [3.8, 4) is 17.1 Å². The van der Waals surface area contributed by atoms with Gasteiger partial charge in [0.2, 0.25) is 0 Å². The molecule has 0 radical (unpaired) electrons. The Morgan fingerprint density at radius 2 is 1.78 bits per heavy atom. The molecular weight excluding hydrogens is 356 g/mol. The first-order valence-electron chi connectivity index (χ1n) is 8.56. The summed E-state index contributed by atoms with van der Waals surface area (Å²) in [6.45, 7) is 0. The summed E-state index contributed by atoms with van der Waals surface area (Å²) in [5.41, 5.74) is 4.92. The summed E-state index contributed by atoms with van der Waals surface area (Å²) in [5.74, 6) is 1.66. The molecule has 2 heterocycles. The highest BCUT2D eigenvalue weighted by Gasteiger charge is 2.09. The van der Waals surface area contributed by atoms with Crippen LogP contribution in [-0.2, 0) is 0 Å². The van der Waals surface area contributed by atoms with E-state index in [1.165, 1.54) is 0 Å². The maximum atomic E-state index is 5.39. The lowest BCUT2D eigenvalue weighted by Gasteiger charge is -2.03. The SMILES string of the molecule is COc1cccc2sc(Nc3ccc(-c4nc5ccccc5[nH]4)cc3)nc12. The van der Waals surface area contributed by atoms with Crippen LogP contribution in [-0.4, -0.2) is 22.1 Å². The number of ether oxygens (including phenoxy) is 1. The van der Waals surface area contributed by atoms with Crippen LogP contribution < -0.4 is 10.1 Å². The summed E-state index contributed by atoms with van der Waals surface area (Å²) >= 11 is 1.60. The molecule has 2 N–H and O–H groups in total. The van der Waals surface area contributed by atoms with Crippen molar-refractivity contribution in [2.75, 3.05) is 12.4 Å². The van der Waals surface area contributed by atoms with Gasteiger partial charge < -0.3 is 15.0 Å². The summed E-state index contributed by atoms with van der Waals surface area (Å²) in [6, 6.07) is 22.2. The molecule has 3 aromatic carbocycles. The van der Waals surface area contributed by atoms with Crippen LogP contribution in [0.3, 0.4) is 0 Å². The Kier molecular flexibility index (Phi) is 3.76. The molecule has 0 spiro atoms. The van der Waals surface area contributed by atoms with Gasteiger partial charge >= 0.3 is 0 Å². The highest BCUT2D eigenvalue weighted by molar-refractivity contribution is 7.22. The maximum absolute atomic E-state index is 5.39. The highest BCUT2D eigenvalue weighted by atomic mass is 32.1. The second-order valence-electron chi connectivity index (χ2n) is 6.13. The molecule has 0 saturated carbocycles. The molecule has 5 aromatic rings. The molecule has 0 unspecified atom stereocenters. The number of anilines is 2. The number of benzene rings is 3. The van der Waals surface area contributed by atoms with Crippen LogP contribution in [0.25, 0.3) is 32.6 Å². The number of nitrogens with one attached hydrogen (secondary N) is 2. The van der Waals surface area contributed by atoms with Gasteiger partial charge in [0.1, 0.15) is 17.1 Å². The number of nitrogens with zero attached hydrogens (tertiary/aromatic N) is 2. The van der Waals surface area contributed by atoms with Gasteiger partial charge in [-0.3, -0.25) is 0 Å². The third kappa shape index (κ3) is 2.90. The number of thiazole rings is 1. The molecule has 132 valence electrons.